The van der Waals surface area contributed by atoms with Crippen LogP contribution >= 0.6 is 11.6 Å². The zero-order chi connectivity index (χ0) is 23.0. The van der Waals surface area contributed by atoms with E-state index in [0.717, 1.165) is 18.6 Å². The molecule has 2 aromatic heterocycles. The summed E-state index contributed by atoms with van der Waals surface area (Å²) >= 11 is 5.68. The molecule has 2 aromatic carbocycles. The Kier molecular flexibility index (Phi) is 5.64. The summed E-state index contributed by atoms with van der Waals surface area (Å²) in [5.74, 6) is -0.189. The second-order valence-electron chi connectivity index (χ2n) is 7.14. The van der Waals surface area contributed by atoms with Crippen molar-refractivity contribution in [1.29, 1.82) is 0 Å². The molecule has 0 fully saturated rings. The number of fused-ring (bicyclic) bond motifs is 3. The molecule has 32 heavy (non-hydrogen) atoms. The normalized spacial score (nSPS) is 11.9. The Balaban J connectivity index is 1.76. The molecule has 2 heterocycles. The molecule has 166 valence electrons. The number of nitrogens with one attached hydrogen (secondary N) is 1. The van der Waals surface area contributed by atoms with Gasteiger partial charge in [0.2, 0.25) is 11.6 Å². The van der Waals surface area contributed by atoms with Crippen molar-refractivity contribution < 1.29 is 18.0 Å². The van der Waals surface area contributed by atoms with Crippen LogP contribution in [0.1, 0.15) is 24.7 Å². The third-order valence-electron chi connectivity index (χ3n) is 4.92. The lowest BCUT2D eigenvalue weighted by atomic mass is 10.1. The number of nitrogens with zero attached hydrogens (tertiary/aromatic N) is 4. The van der Waals surface area contributed by atoms with E-state index < -0.39 is 35.4 Å². The molecule has 0 unspecified atom stereocenters. The number of halogens is 4. The third kappa shape index (κ3) is 3.93. The van der Waals surface area contributed by atoms with Gasteiger partial charge in [0.05, 0.1) is 22.3 Å². The highest BCUT2D eigenvalue weighted by Gasteiger charge is 2.34. The lowest BCUT2D eigenvalue weighted by molar-refractivity contribution is -0.137. The molecule has 0 aliphatic carbocycles. The van der Waals surface area contributed by atoms with Gasteiger partial charge in [-0.1, -0.05) is 30.7 Å². The Bertz CT molecular complexity index is 1390. The summed E-state index contributed by atoms with van der Waals surface area (Å²) in [5.41, 5.74) is -0.996. The van der Waals surface area contributed by atoms with Crippen molar-refractivity contribution in [1.82, 2.24) is 19.2 Å². The van der Waals surface area contributed by atoms with Crippen LogP contribution in [0.4, 0.5) is 18.9 Å². The Morgan fingerprint density at radius 3 is 2.53 bits per heavy atom. The highest BCUT2D eigenvalue weighted by Crippen LogP contribution is 2.36. The maximum absolute atomic E-state index is 13.3. The summed E-state index contributed by atoms with van der Waals surface area (Å²) in [4.78, 5) is 25.8. The Morgan fingerprint density at radius 1 is 1.12 bits per heavy atom. The van der Waals surface area contributed by atoms with Crippen LogP contribution in [0, 0.1) is 0 Å². The van der Waals surface area contributed by atoms with Gasteiger partial charge in [0, 0.05) is 11.4 Å². The Labute approximate surface area is 184 Å². The largest absolute Gasteiger partial charge is 0.418 e. The van der Waals surface area contributed by atoms with Crippen LogP contribution in [0.15, 0.2) is 47.3 Å². The summed E-state index contributed by atoms with van der Waals surface area (Å²) in [5, 5.41) is 10.2. The SMILES string of the molecule is CCCc1nnc2c(=O)n(CC(=O)Nc3ccc(Cl)cc3C(F)(F)F)c3ccccc3n12. The average Bonchev–Trinajstić information content (AvgIpc) is 3.16. The van der Waals surface area contributed by atoms with Crippen molar-refractivity contribution in [3.63, 3.8) is 0 Å². The van der Waals surface area contributed by atoms with E-state index >= 15 is 0 Å². The number of carbonyl (C=O) groups is 1. The molecular formula is C21H17ClF3N5O2. The predicted octanol–water partition coefficient (Wildman–Crippen LogP) is 4.31. The molecule has 7 nitrogen and oxygen atoms in total. The van der Waals surface area contributed by atoms with Crippen LogP contribution in [-0.4, -0.2) is 25.1 Å². The van der Waals surface area contributed by atoms with Crippen LogP contribution in [0.3, 0.4) is 0 Å². The topological polar surface area (TPSA) is 81.3 Å². The molecule has 0 radical (unpaired) electrons. The van der Waals surface area contributed by atoms with Gasteiger partial charge in [-0.25, -0.2) is 0 Å². The minimum atomic E-state index is -4.72. The minimum Gasteiger partial charge on any atom is -0.324 e. The molecular weight excluding hydrogens is 447 g/mol. The second kappa shape index (κ2) is 8.27. The molecule has 0 saturated carbocycles. The van der Waals surface area contributed by atoms with E-state index in [0.29, 0.717) is 23.3 Å². The van der Waals surface area contributed by atoms with Gasteiger partial charge in [0.25, 0.3) is 5.56 Å². The Hall–Kier alpha value is -3.40. The van der Waals surface area contributed by atoms with E-state index in [1.165, 1.54) is 10.6 Å². The highest BCUT2D eigenvalue weighted by molar-refractivity contribution is 6.30. The van der Waals surface area contributed by atoms with Crippen molar-refractivity contribution >= 4 is 39.9 Å². The van der Waals surface area contributed by atoms with Gasteiger partial charge in [-0.05, 0) is 36.8 Å². The van der Waals surface area contributed by atoms with E-state index in [2.05, 4.69) is 15.5 Å². The number of rotatable bonds is 5. The number of benzene rings is 2. The molecule has 0 aliphatic rings. The maximum Gasteiger partial charge on any atom is 0.418 e. The van der Waals surface area contributed by atoms with Crippen LogP contribution in [0.5, 0.6) is 0 Å². The van der Waals surface area contributed by atoms with Crippen LogP contribution in [0.25, 0.3) is 16.7 Å². The van der Waals surface area contributed by atoms with E-state index in [1.807, 2.05) is 6.92 Å². The smallest absolute Gasteiger partial charge is 0.324 e. The molecule has 1 amide bonds. The van der Waals surface area contributed by atoms with E-state index in [-0.39, 0.29) is 10.7 Å². The van der Waals surface area contributed by atoms with Crippen molar-refractivity contribution in [2.45, 2.75) is 32.5 Å². The van der Waals surface area contributed by atoms with Gasteiger partial charge in [-0.15, -0.1) is 10.2 Å². The lowest BCUT2D eigenvalue weighted by Gasteiger charge is -2.16. The standard InChI is InChI=1S/C21H17ClF3N5O2/c1-2-5-17-27-28-19-20(32)29(15-6-3-4-7-16(15)30(17)19)11-18(31)26-14-9-8-12(22)10-13(14)21(23,24)25/h3-4,6-10H,2,5,11H2,1H3,(H,26,31). The average molecular weight is 464 g/mol. The molecule has 0 bridgehead atoms. The first-order valence-electron chi connectivity index (χ1n) is 9.73. The quantitative estimate of drug-likeness (QED) is 0.478. The minimum absolute atomic E-state index is 0.0439. The lowest BCUT2D eigenvalue weighted by Crippen LogP contribution is -2.30. The monoisotopic (exact) mass is 463 g/mol. The number of aryl methyl sites for hydroxylation is 1. The summed E-state index contributed by atoms with van der Waals surface area (Å²) in [6, 6.07) is 9.94. The molecule has 0 aliphatic heterocycles. The zero-order valence-corrected chi connectivity index (χ0v) is 17.5. The number of aromatic nitrogens is 4. The van der Waals surface area contributed by atoms with Crippen molar-refractivity contribution in [2.75, 3.05) is 5.32 Å². The molecule has 0 saturated heterocycles. The van der Waals surface area contributed by atoms with E-state index in [9.17, 15) is 22.8 Å². The fourth-order valence-corrected chi connectivity index (χ4v) is 3.73. The highest BCUT2D eigenvalue weighted by atomic mass is 35.5. The molecule has 4 rings (SSSR count). The number of hydrogen-bond acceptors (Lipinski definition) is 4. The number of alkyl halides is 3. The summed E-state index contributed by atoms with van der Waals surface area (Å²) in [6.45, 7) is 1.46. The maximum atomic E-state index is 13.3. The van der Waals surface area contributed by atoms with Crippen LogP contribution in [0.2, 0.25) is 5.02 Å². The first-order chi connectivity index (χ1) is 15.2. The van der Waals surface area contributed by atoms with Gasteiger partial charge in [0.15, 0.2) is 0 Å². The summed E-state index contributed by atoms with van der Waals surface area (Å²) < 4.78 is 42.8. The van der Waals surface area contributed by atoms with E-state index in [4.69, 9.17) is 11.6 Å². The van der Waals surface area contributed by atoms with Gasteiger partial charge in [0.1, 0.15) is 12.4 Å². The van der Waals surface area contributed by atoms with Crippen molar-refractivity contribution in [3.05, 3.63) is 69.2 Å². The fourth-order valence-electron chi connectivity index (χ4n) is 3.56. The number of hydrogen-bond donors (Lipinski definition) is 1. The second-order valence-corrected chi connectivity index (χ2v) is 7.58. The number of amides is 1. The molecule has 1 N–H and O–H groups in total. The predicted molar refractivity (Wildman–Crippen MR) is 114 cm³/mol. The molecule has 0 atom stereocenters. The molecule has 4 aromatic rings. The van der Waals surface area contributed by atoms with Gasteiger partial charge < -0.3 is 5.32 Å². The fraction of sp³-hybridized carbons (Fsp3) is 0.238. The third-order valence-corrected chi connectivity index (χ3v) is 5.15. The van der Waals surface area contributed by atoms with Gasteiger partial charge >= 0.3 is 6.18 Å². The zero-order valence-electron chi connectivity index (χ0n) is 16.8. The summed E-state index contributed by atoms with van der Waals surface area (Å²) in [6.07, 6.45) is -3.32. The van der Waals surface area contributed by atoms with Gasteiger partial charge in [-0.2, -0.15) is 13.2 Å². The van der Waals surface area contributed by atoms with Crippen molar-refractivity contribution in [2.24, 2.45) is 0 Å². The van der Waals surface area contributed by atoms with Crippen molar-refractivity contribution in [3.8, 4) is 0 Å². The number of carbonyl (C=O) groups excluding carboxylic acids is 1. The number of para-hydroxylation sites is 2. The molecule has 11 heteroatoms. The van der Waals surface area contributed by atoms with E-state index in [1.54, 1.807) is 28.7 Å². The Morgan fingerprint density at radius 2 is 1.84 bits per heavy atom. The van der Waals surface area contributed by atoms with Gasteiger partial charge in [-0.3, -0.25) is 18.6 Å². The molecule has 0 spiro atoms. The number of anilines is 1. The van der Waals surface area contributed by atoms with Crippen LogP contribution < -0.4 is 10.9 Å². The van der Waals surface area contributed by atoms with Crippen LogP contribution in [-0.2, 0) is 23.9 Å². The first kappa shape index (κ1) is 21.8. The summed E-state index contributed by atoms with van der Waals surface area (Å²) in [7, 11) is 0. The first-order valence-corrected chi connectivity index (χ1v) is 10.1.